The Morgan fingerprint density at radius 3 is 2.58 bits per heavy atom. The zero-order valence-electron chi connectivity index (χ0n) is 9.55. The first-order chi connectivity index (χ1) is 9.25. The molecule has 0 unspecified atom stereocenters. The Hall–Kier alpha value is -1.05. The van der Waals surface area contributed by atoms with Crippen LogP contribution < -0.4 is 0 Å². The van der Waals surface area contributed by atoms with E-state index in [-0.39, 0.29) is 0 Å². The zero-order chi connectivity index (χ0) is 13.2. The quantitative estimate of drug-likeness (QED) is 0.469. The number of hydrogen-bond acceptors (Lipinski definition) is 4. The van der Waals surface area contributed by atoms with E-state index in [1.165, 1.54) is 11.3 Å². The second kappa shape index (κ2) is 5.52. The molecule has 3 aromatic rings. The summed E-state index contributed by atoms with van der Waals surface area (Å²) in [6, 6.07) is 9.96. The Morgan fingerprint density at radius 1 is 1.11 bits per heavy atom. The maximum atomic E-state index is 6.21. The van der Waals surface area contributed by atoms with Crippen molar-refractivity contribution in [1.82, 2.24) is 15.0 Å². The number of aromatic nitrogens is 3. The molecule has 0 fully saturated rings. The predicted octanol–water partition coefficient (Wildman–Crippen LogP) is 4.53. The highest BCUT2D eigenvalue weighted by Gasteiger charge is 2.14. The Balaban J connectivity index is 2.20. The second-order valence-electron chi connectivity index (χ2n) is 3.73. The van der Waals surface area contributed by atoms with Crippen LogP contribution >= 0.6 is 45.5 Å². The lowest BCUT2D eigenvalue weighted by atomic mass is 10.1. The maximum Gasteiger partial charge on any atom is 0.173 e. The molecule has 3 rings (SSSR count). The van der Waals surface area contributed by atoms with E-state index >= 15 is 0 Å². The van der Waals surface area contributed by atoms with Crippen molar-refractivity contribution in [3.63, 3.8) is 0 Å². The van der Waals surface area contributed by atoms with Gasteiger partial charge < -0.3 is 0 Å². The van der Waals surface area contributed by atoms with Crippen molar-refractivity contribution >= 4 is 45.5 Å². The number of nitrogens with zero attached hydrogens (tertiary/aromatic N) is 3. The standard InChI is InChI=1S/C13H7ClIN3S/c14-12-10(15)11(8-4-2-1-3-5-8)17-13(18-12)9-6-16-7-19-9/h1-7H. The van der Waals surface area contributed by atoms with E-state index in [1.807, 2.05) is 30.3 Å². The molecule has 3 nitrogen and oxygen atoms in total. The van der Waals surface area contributed by atoms with Gasteiger partial charge in [0.05, 0.1) is 19.7 Å². The molecule has 0 aliphatic rings. The summed E-state index contributed by atoms with van der Waals surface area (Å²) in [6.45, 7) is 0. The predicted molar refractivity (Wildman–Crippen MR) is 86.3 cm³/mol. The molecule has 2 heterocycles. The number of rotatable bonds is 2. The van der Waals surface area contributed by atoms with Gasteiger partial charge in [-0.05, 0) is 22.6 Å². The summed E-state index contributed by atoms with van der Waals surface area (Å²) in [7, 11) is 0. The van der Waals surface area contributed by atoms with Gasteiger partial charge in [-0.25, -0.2) is 9.97 Å². The van der Waals surface area contributed by atoms with Crippen LogP contribution in [0.25, 0.3) is 22.0 Å². The smallest absolute Gasteiger partial charge is 0.173 e. The minimum absolute atomic E-state index is 0.470. The highest BCUT2D eigenvalue weighted by molar-refractivity contribution is 14.1. The summed E-state index contributed by atoms with van der Waals surface area (Å²) < 4.78 is 0.860. The second-order valence-corrected chi connectivity index (χ2v) is 6.06. The third kappa shape index (κ3) is 2.63. The van der Waals surface area contributed by atoms with Crippen LogP contribution in [-0.2, 0) is 0 Å². The molecule has 1 aromatic carbocycles. The molecule has 0 saturated carbocycles. The summed E-state index contributed by atoms with van der Waals surface area (Å²) >= 11 is 9.88. The summed E-state index contributed by atoms with van der Waals surface area (Å²) in [4.78, 5) is 13.9. The molecule has 0 aliphatic carbocycles. The number of thiazole rings is 1. The lowest BCUT2D eigenvalue weighted by Crippen LogP contribution is -1.96. The molecule has 19 heavy (non-hydrogen) atoms. The van der Waals surface area contributed by atoms with Gasteiger partial charge in [0.2, 0.25) is 0 Å². The zero-order valence-corrected chi connectivity index (χ0v) is 13.3. The first-order valence-electron chi connectivity index (χ1n) is 5.43. The first-order valence-corrected chi connectivity index (χ1v) is 7.76. The van der Waals surface area contributed by atoms with Crippen LogP contribution in [0.5, 0.6) is 0 Å². The summed E-state index contributed by atoms with van der Waals surface area (Å²) in [5, 5.41) is 0.470. The average molecular weight is 400 g/mol. The Morgan fingerprint density at radius 2 is 1.89 bits per heavy atom. The average Bonchev–Trinajstić information content (AvgIpc) is 2.97. The minimum Gasteiger partial charge on any atom is -0.252 e. The van der Waals surface area contributed by atoms with Gasteiger partial charge in [0.1, 0.15) is 5.15 Å². The molecule has 0 radical (unpaired) electrons. The van der Waals surface area contributed by atoms with Crippen molar-refractivity contribution in [2.75, 3.05) is 0 Å². The van der Waals surface area contributed by atoms with Crippen molar-refractivity contribution in [2.24, 2.45) is 0 Å². The molecular formula is C13H7ClIN3S. The molecule has 0 aliphatic heterocycles. The Labute approximate surface area is 132 Å². The fraction of sp³-hybridized carbons (Fsp3) is 0. The van der Waals surface area contributed by atoms with Gasteiger partial charge >= 0.3 is 0 Å². The topological polar surface area (TPSA) is 38.7 Å². The third-order valence-corrected chi connectivity index (χ3v) is 4.89. The normalized spacial score (nSPS) is 10.6. The van der Waals surface area contributed by atoms with Crippen LogP contribution in [0.1, 0.15) is 0 Å². The van der Waals surface area contributed by atoms with Crippen molar-refractivity contribution in [1.29, 1.82) is 0 Å². The van der Waals surface area contributed by atoms with Gasteiger partial charge in [-0.2, -0.15) is 0 Å². The largest absolute Gasteiger partial charge is 0.252 e. The van der Waals surface area contributed by atoms with Gasteiger partial charge in [0.15, 0.2) is 5.82 Å². The first kappa shape index (κ1) is 13.0. The summed E-state index contributed by atoms with van der Waals surface area (Å²) in [5.41, 5.74) is 3.64. The Bertz CT molecular complexity index is 701. The molecule has 6 heteroatoms. The lowest BCUT2D eigenvalue weighted by molar-refractivity contribution is 1.17. The van der Waals surface area contributed by atoms with E-state index < -0.39 is 0 Å². The van der Waals surface area contributed by atoms with Crippen molar-refractivity contribution in [2.45, 2.75) is 0 Å². The molecule has 0 N–H and O–H groups in total. The van der Waals surface area contributed by atoms with Crippen LogP contribution in [0, 0.1) is 3.57 Å². The van der Waals surface area contributed by atoms with Crippen LogP contribution in [0.15, 0.2) is 42.0 Å². The van der Waals surface area contributed by atoms with Crippen LogP contribution in [0.2, 0.25) is 5.15 Å². The van der Waals surface area contributed by atoms with E-state index in [0.29, 0.717) is 11.0 Å². The van der Waals surface area contributed by atoms with E-state index in [0.717, 1.165) is 19.7 Å². The maximum absolute atomic E-state index is 6.21. The monoisotopic (exact) mass is 399 g/mol. The van der Waals surface area contributed by atoms with Crippen LogP contribution in [0.3, 0.4) is 0 Å². The van der Waals surface area contributed by atoms with Gasteiger partial charge in [0, 0.05) is 11.8 Å². The third-order valence-electron chi connectivity index (χ3n) is 2.51. The van der Waals surface area contributed by atoms with Crippen molar-refractivity contribution < 1.29 is 0 Å². The molecule has 2 aromatic heterocycles. The van der Waals surface area contributed by atoms with Crippen molar-refractivity contribution in [3.05, 3.63) is 50.8 Å². The van der Waals surface area contributed by atoms with Gasteiger partial charge in [0.25, 0.3) is 0 Å². The minimum atomic E-state index is 0.470. The van der Waals surface area contributed by atoms with Gasteiger partial charge in [-0.15, -0.1) is 11.3 Å². The van der Waals surface area contributed by atoms with Crippen LogP contribution in [-0.4, -0.2) is 15.0 Å². The number of hydrogen-bond donors (Lipinski definition) is 0. The highest BCUT2D eigenvalue weighted by atomic mass is 127. The van der Waals surface area contributed by atoms with Crippen molar-refractivity contribution in [3.8, 4) is 22.0 Å². The van der Waals surface area contributed by atoms with E-state index in [4.69, 9.17) is 11.6 Å². The molecule has 0 spiro atoms. The van der Waals surface area contributed by atoms with E-state index in [2.05, 4.69) is 37.5 Å². The molecular weight excluding hydrogens is 393 g/mol. The Kier molecular flexibility index (Phi) is 3.76. The van der Waals surface area contributed by atoms with Crippen LogP contribution in [0.4, 0.5) is 0 Å². The lowest BCUT2D eigenvalue weighted by Gasteiger charge is -2.07. The number of halogens is 2. The summed E-state index contributed by atoms with van der Waals surface area (Å²) in [6.07, 6.45) is 1.75. The fourth-order valence-corrected chi connectivity index (χ4v) is 2.92. The summed E-state index contributed by atoms with van der Waals surface area (Å²) in [5.74, 6) is 0.617. The van der Waals surface area contributed by atoms with Gasteiger partial charge in [-0.1, -0.05) is 41.9 Å². The molecule has 0 amide bonds. The highest BCUT2D eigenvalue weighted by Crippen LogP contribution is 2.31. The van der Waals surface area contributed by atoms with Gasteiger partial charge in [-0.3, -0.25) is 4.98 Å². The molecule has 0 bridgehead atoms. The SMILES string of the molecule is Clc1nc(-c2cncs2)nc(-c2ccccc2)c1I. The van der Waals surface area contributed by atoms with E-state index in [1.54, 1.807) is 11.7 Å². The molecule has 0 atom stereocenters. The van der Waals surface area contributed by atoms with E-state index in [9.17, 15) is 0 Å². The molecule has 94 valence electrons. The molecule has 0 saturated heterocycles. The number of benzene rings is 1. The fourth-order valence-electron chi connectivity index (χ4n) is 1.64.